The smallest absolute Gasteiger partial charge is 0.0641 e. The largest absolute Gasteiger partial charge is 0.380 e. The van der Waals surface area contributed by atoms with Gasteiger partial charge in [0.2, 0.25) is 0 Å². The Hall–Kier alpha value is -0.540. The number of hydrogen-bond acceptors (Lipinski definition) is 2. The first kappa shape index (κ1) is 11.9. The molecule has 88 valence electrons. The molecule has 3 heteroatoms. The summed E-state index contributed by atoms with van der Waals surface area (Å²) in [6.45, 7) is 6.03. The van der Waals surface area contributed by atoms with E-state index in [4.69, 9.17) is 4.74 Å². The van der Waals surface area contributed by atoms with E-state index in [1.165, 1.54) is 16.8 Å². The summed E-state index contributed by atoms with van der Waals surface area (Å²) in [6, 6.07) is 6.71. The molecule has 2 nitrogen and oxygen atoms in total. The van der Waals surface area contributed by atoms with Crippen molar-refractivity contribution in [3.63, 3.8) is 0 Å². The highest BCUT2D eigenvalue weighted by atomic mass is 79.9. The van der Waals surface area contributed by atoms with Gasteiger partial charge in [-0.3, -0.25) is 0 Å². The van der Waals surface area contributed by atoms with Crippen LogP contribution in [0.5, 0.6) is 0 Å². The Morgan fingerprint density at radius 3 is 2.94 bits per heavy atom. The molecule has 16 heavy (non-hydrogen) atoms. The molecule has 0 spiro atoms. The Morgan fingerprint density at radius 2 is 2.19 bits per heavy atom. The number of rotatable bonds is 2. The molecule has 0 aliphatic carbocycles. The first-order chi connectivity index (χ1) is 7.81. The van der Waals surface area contributed by atoms with E-state index in [1.54, 1.807) is 0 Å². The van der Waals surface area contributed by atoms with Gasteiger partial charge in [0.05, 0.1) is 6.61 Å². The van der Waals surface area contributed by atoms with Gasteiger partial charge in [0.1, 0.15) is 0 Å². The molecule has 1 saturated heterocycles. The standard InChI is InChI=1S/C13H18BrNO/c1-11-9-13(4-3-12(11)10-14)15-5-2-7-16-8-6-15/h3-4,9H,2,5-8,10H2,1H3. The van der Waals surface area contributed by atoms with Crippen LogP contribution in [0.3, 0.4) is 0 Å². The second-order valence-corrected chi connectivity index (χ2v) is 4.76. The minimum Gasteiger partial charge on any atom is -0.380 e. The summed E-state index contributed by atoms with van der Waals surface area (Å²) >= 11 is 3.51. The van der Waals surface area contributed by atoms with Gasteiger partial charge in [-0.2, -0.15) is 0 Å². The SMILES string of the molecule is Cc1cc(N2CCCOCC2)ccc1CBr. The maximum atomic E-state index is 5.47. The molecule has 0 bridgehead atoms. The van der Waals surface area contributed by atoms with Crippen molar-refractivity contribution in [3.8, 4) is 0 Å². The number of hydrogen-bond donors (Lipinski definition) is 0. The van der Waals surface area contributed by atoms with Crippen molar-refractivity contribution in [3.05, 3.63) is 29.3 Å². The van der Waals surface area contributed by atoms with E-state index in [9.17, 15) is 0 Å². The lowest BCUT2D eigenvalue weighted by Gasteiger charge is -2.22. The number of aryl methyl sites for hydroxylation is 1. The van der Waals surface area contributed by atoms with Gasteiger partial charge >= 0.3 is 0 Å². The second-order valence-electron chi connectivity index (χ2n) is 4.20. The summed E-state index contributed by atoms with van der Waals surface area (Å²) in [5.74, 6) is 0. The van der Waals surface area contributed by atoms with Gasteiger partial charge in [0.25, 0.3) is 0 Å². The average Bonchev–Trinajstić information content (AvgIpc) is 2.57. The third kappa shape index (κ3) is 2.77. The Bertz CT molecular complexity index is 346. The number of alkyl halides is 1. The van der Waals surface area contributed by atoms with E-state index in [2.05, 4.69) is 46.0 Å². The Balaban J connectivity index is 2.16. The van der Waals surface area contributed by atoms with Crippen molar-refractivity contribution in [2.24, 2.45) is 0 Å². The van der Waals surface area contributed by atoms with E-state index in [0.717, 1.165) is 38.1 Å². The Kier molecular flexibility index (Phi) is 4.24. The van der Waals surface area contributed by atoms with Crippen molar-refractivity contribution in [1.29, 1.82) is 0 Å². The van der Waals surface area contributed by atoms with Crippen molar-refractivity contribution in [2.45, 2.75) is 18.7 Å². The molecule has 0 N–H and O–H groups in total. The van der Waals surface area contributed by atoms with Crippen LogP contribution in [0.2, 0.25) is 0 Å². The van der Waals surface area contributed by atoms with Gasteiger partial charge in [0, 0.05) is 30.7 Å². The third-order valence-electron chi connectivity index (χ3n) is 3.06. The summed E-state index contributed by atoms with van der Waals surface area (Å²) in [4.78, 5) is 2.41. The van der Waals surface area contributed by atoms with Crippen LogP contribution in [0.15, 0.2) is 18.2 Å². The molecule has 0 radical (unpaired) electrons. The lowest BCUT2D eigenvalue weighted by Crippen LogP contribution is -2.25. The molecule has 1 aromatic rings. The monoisotopic (exact) mass is 283 g/mol. The average molecular weight is 284 g/mol. The molecule has 2 rings (SSSR count). The molecule has 0 aromatic heterocycles. The van der Waals surface area contributed by atoms with E-state index < -0.39 is 0 Å². The van der Waals surface area contributed by atoms with Crippen LogP contribution in [-0.2, 0) is 10.1 Å². The molecule has 1 aliphatic rings. The summed E-state index contributed by atoms with van der Waals surface area (Å²) < 4.78 is 5.47. The van der Waals surface area contributed by atoms with Crippen LogP contribution in [-0.4, -0.2) is 26.3 Å². The number of nitrogens with zero attached hydrogens (tertiary/aromatic N) is 1. The second kappa shape index (κ2) is 5.69. The highest BCUT2D eigenvalue weighted by Crippen LogP contribution is 2.21. The first-order valence-electron chi connectivity index (χ1n) is 5.79. The first-order valence-corrected chi connectivity index (χ1v) is 6.91. The van der Waals surface area contributed by atoms with Crippen molar-refractivity contribution in [1.82, 2.24) is 0 Å². The van der Waals surface area contributed by atoms with Crippen LogP contribution < -0.4 is 4.90 Å². The van der Waals surface area contributed by atoms with Crippen molar-refractivity contribution >= 4 is 21.6 Å². The zero-order chi connectivity index (χ0) is 11.4. The summed E-state index contributed by atoms with van der Waals surface area (Å²) in [6.07, 6.45) is 1.12. The minimum absolute atomic E-state index is 0.846. The van der Waals surface area contributed by atoms with E-state index in [-0.39, 0.29) is 0 Å². The Labute approximate surface area is 106 Å². The van der Waals surface area contributed by atoms with Crippen molar-refractivity contribution < 1.29 is 4.74 Å². The van der Waals surface area contributed by atoms with Crippen LogP contribution >= 0.6 is 15.9 Å². The van der Waals surface area contributed by atoms with Gasteiger partial charge in [-0.05, 0) is 36.6 Å². The van der Waals surface area contributed by atoms with E-state index in [1.807, 2.05) is 0 Å². The number of halogens is 1. The molecular weight excluding hydrogens is 266 g/mol. The normalized spacial score (nSPS) is 17.2. The zero-order valence-electron chi connectivity index (χ0n) is 9.71. The van der Waals surface area contributed by atoms with E-state index >= 15 is 0 Å². The topological polar surface area (TPSA) is 12.5 Å². The zero-order valence-corrected chi connectivity index (χ0v) is 11.3. The van der Waals surface area contributed by atoms with Gasteiger partial charge in [0.15, 0.2) is 0 Å². The number of ether oxygens (including phenoxy) is 1. The maximum absolute atomic E-state index is 5.47. The van der Waals surface area contributed by atoms with Gasteiger partial charge in [-0.15, -0.1) is 0 Å². The fourth-order valence-corrected chi connectivity index (χ4v) is 2.66. The molecule has 1 aliphatic heterocycles. The molecule has 1 heterocycles. The van der Waals surface area contributed by atoms with Gasteiger partial charge in [-0.25, -0.2) is 0 Å². The molecule has 1 fully saturated rings. The Morgan fingerprint density at radius 1 is 1.31 bits per heavy atom. The van der Waals surface area contributed by atoms with Crippen LogP contribution in [0, 0.1) is 6.92 Å². The predicted molar refractivity (Wildman–Crippen MR) is 71.5 cm³/mol. The van der Waals surface area contributed by atoms with Crippen molar-refractivity contribution in [2.75, 3.05) is 31.2 Å². The van der Waals surface area contributed by atoms with Crippen LogP contribution in [0.4, 0.5) is 5.69 Å². The predicted octanol–water partition coefficient (Wildman–Crippen LogP) is 3.12. The molecule has 1 aromatic carbocycles. The van der Waals surface area contributed by atoms with E-state index in [0.29, 0.717) is 0 Å². The summed E-state index contributed by atoms with van der Waals surface area (Å²) in [5.41, 5.74) is 4.06. The molecule has 0 amide bonds. The molecule has 0 saturated carbocycles. The van der Waals surface area contributed by atoms with Crippen LogP contribution in [0.25, 0.3) is 0 Å². The molecule has 0 atom stereocenters. The summed E-state index contributed by atoms with van der Waals surface area (Å²) in [5, 5.41) is 0.933. The van der Waals surface area contributed by atoms with Gasteiger partial charge in [-0.1, -0.05) is 22.0 Å². The fourth-order valence-electron chi connectivity index (χ4n) is 2.03. The minimum atomic E-state index is 0.846. The number of anilines is 1. The lowest BCUT2D eigenvalue weighted by molar-refractivity contribution is 0.152. The highest BCUT2D eigenvalue weighted by molar-refractivity contribution is 9.08. The third-order valence-corrected chi connectivity index (χ3v) is 3.66. The highest BCUT2D eigenvalue weighted by Gasteiger charge is 2.10. The van der Waals surface area contributed by atoms with Crippen LogP contribution in [0.1, 0.15) is 17.5 Å². The van der Waals surface area contributed by atoms with Gasteiger partial charge < -0.3 is 9.64 Å². The summed E-state index contributed by atoms with van der Waals surface area (Å²) in [7, 11) is 0. The number of benzene rings is 1. The molecule has 0 unspecified atom stereocenters. The lowest BCUT2D eigenvalue weighted by atomic mass is 10.1. The maximum Gasteiger partial charge on any atom is 0.0641 e. The molecular formula is C13H18BrNO. The fraction of sp³-hybridized carbons (Fsp3) is 0.538. The quantitative estimate of drug-likeness (QED) is 0.774.